The first-order valence-electron chi connectivity index (χ1n) is 7.58. The molecule has 0 atom stereocenters. The smallest absolute Gasteiger partial charge is 0.287 e. The summed E-state index contributed by atoms with van der Waals surface area (Å²) < 4.78 is 17.9. The van der Waals surface area contributed by atoms with Crippen molar-refractivity contribution < 1.29 is 13.6 Å². The van der Waals surface area contributed by atoms with Crippen molar-refractivity contribution in [1.82, 2.24) is 15.5 Å². The zero-order valence-electron chi connectivity index (χ0n) is 13.8. The minimum atomic E-state index is -0.254. The third-order valence-electron chi connectivity index (χ3n) is 3.35. The quantitative estimate of drug-likeness (QED) is 0.481. The highest BCUT2D eigenvalue weighted by Crippen LogP contribution is 2.05. The average molecular weight is 332 g/mol. The van der Waals surface area contributed by atoms with Crippen molar-refractivity contribution >= 4 is 11.9 Å². The number of halogens is 1. The van der Waals surface area contributed by atoms with Gasteiger partial charge in [-0.05, 0) is 29.8 Å². The van der Waals surface area contributed by atoms with Crippen LogP contribution in [0.5, 0.6) is 0 Å². The van der Waals surface area contributed by atoms with Gasteiger partial charge < -0.3 is 20.0 Å². The van der Waals surface area contributed by atoms with Crippen LogP contribution in [0.15, 0.2) is 52.1 Å². The fourth-order valence-corrected chi connectivity index (χ4v) is 2.17. The predicted octanol–water partition coefficient (Wildman–Crippen LogP) is 1.86. The van der Waals surface area contributed by atoms with Gasteiger partial charge in [-0.3, -0.25) is 9.79 Å². The fourth-order valence-electron chi connectivity index (χ4n) is 2.17. The summed E-state index contributed by atoms with van der Waals surface area (Å²) in [6.45, 7) is 1.55. The minimum absolute atomic E-state index is 0.253. The van der Waals surface area contributed by atoms with Gasteiger partial charge in [-0.15, -0.1) is 0 Å². The molecule has 0 saturated heterocycles. The monoisotopic (exact) mass is 332 g/mol. The Balaban J connectivity index is 1.75. The van der Waals surface area contributed by atoms with Gasteiger partial charge in [0.15, 0.2) is 11.7 Å². The van der Waals surface area contributed by atoms with Crippen molar-refractivity contribution in [1.29, 1.82) is 0 Å². The van der Waals surface area contributed by atoms with E-state index in [1.807, 2.05) is 11.9 Å². The van der Waals surface area contributed by atoms with Gasteiger partial charge in [0.25, 0.3) is 5.91 Å². The van der Waals surface area contributed by atoms with Gasteiger partial charge in [0.2, 0.25) is 0 Å². The maximum absolute atomic E-state index is 12.9. The Hall–Kier alpha value is -2.83. The van der Waals surface area contributed by atoms with Crippen molar-refractivity contribution in [3.8, 4) is 0 Å². The molecule has 7 heteroatoms. The Morgan fingerprint density at radius 2 is 1.92 bits per heavy atom. The van der Waals surface area contributed by atoms with Crippen LogP contribution in [0.1, 0.15) is 16.1 Å². The van der Waals surface area contributed by atoms with Crippen LogP contribution in [0, 0.1) is 5.82 Å². The number of carbonyl (C=O) groups excluding carboxylic acids is 1. The number of carbonyl (C=O) groups is 1. The van der Waals surface area contributed by atoms with Gasteiger partial charge in [0.05, 0.1) is 6.26 Å². The molecule has 1 aromatic heterocycles. The van der Waals surface area contributed by atoms with Gasteiger partial charge in [-0.25, -0.2) is 4.39 Å². The maximum Gasteiger partial charge on any atom is 0.287 e. The van der Waals surface area contributed by atoms with E-state index in [0.717, 1.165) is 5.56 Å². The van der Waals surface area contributed by atoms with Crippen LogP contribution < -0.4 is 10.6 Å². The van der Waals surface area contributed by atoms with E-state index in [-0.39, 0.29) is 17.5 Å². The summed E-state index contributed by atoms with van der Waals surface area (Å²) in [4.78, 5) is 17.8. The Kier molecular flexibility index (Phi) is 6.36. The first-order chi connectivity index (χ1) is 11.6. The molecule has 24 heavy (non-hydrogen) atoms. The molecule has 128 valence electrons. The van der Waals surface area contributed by atoms with E-state index in [4.69, 9.17) is 4.42 Å². The highest BCUT2D eigenvalue weighted by Gasteiger charge is 2.09. The van der Waals surface area contributed by atoms with Crippen LogP contribution in [0.25, 0.3) is 0 Å². The van der Waals surface area contributed by atoms with Gasteiger partial charge in [0, 0.05) is 33.7 Å². The zero-order valence-corrected chi connectivity index (χ0v) is 13.8. The van der Waals surface area contributed by atoms with Crippen molar-refractivity contribution in [3.05, 3.63) is 59.8 Å². The lowest BCUT2D eigenvalue weighted by atomic mass is 10.2. The number of furan rings is 1. The Bertz CT molecular complexity index is 668. The number of nitrogens with zero attached hydrogens (tertiary/aromatic N) is 2. The van der Waals surface area contributed by atoms with Gasteiger partial charge in [-0.1, -0.05) is 12.1 Å². The standard InChI is InChI=1S/C17H21FN4O2/c1-19-17(22(2)12-13-5-7-14(18)8-6-13)21-10-9-20-16(23)15-4-3-11-24-15/h3-8,11H,9-10,12H2,1-2H3,(H,19,21)(H,20,23). The van der Waals surface area contributed by atoms with Crippen LogP contribution in [-0.2, 0) is 6.54 Å². The fraction of sp³-hybridized carbons (Fsp3) is 0.294. The number of hydrogen-bond donors (Lipinski definition) is 2. The highest BCUT2D eigenvalue weighted by molar-refractivity contribution is 5.91. The number of benzene rings is 1. The molecule has 0 fully saturated rings. The van der Waals surface area contributed by atoms with Crippen LogP contribution in [0.4, 0.5) is 4.39 Å². The molecule has 2 aromatic rings. The Morgan fingerprint density at radius 3 is 2.54 bits per heavy atom. The first-order valence-corrected chi connectivity index (χ1v) is 7.58. The number of guanidine groups is 1. The van der Waals surface area contributed by atoms with E-state index in [0.29, 0.717) is 25.6 Å². The van der Waals surface area contributed by atoms with Crippen LogP contribution >= 0.6 is 0 Å². The van der Waals surface area contributed by atoms with Gasteiger partial charge in [0.1, 0.15) is 5.82 Å². The predicted molar refractivity (Wildman–Crippen MR) is 90.3 cm³/mol. The molecule has 2 N–H and O–H groups in total. The van der Waals surface area contributed by atoms with E-state index in [1.54, 1.807) is 31.3 Å². The number of nitrogens with one attached hydrogen (secondary N) is 2. The maximum atomic E-state index is 12.9. The molecule has 0 spiro atoms. The number of amides is 1. The van der Waals surface area contributed by atoms with E-state index >= 15 is 0 Å². The lowest BCUT2D eigenvalue weighted by Gasteiger charge is -2.22. The number of aliphatic imine (C=N–C) groups is 1. The molecular weight excluding hydrogens is 311 g/mol. The van der Waals surface area contributed by atoms with Crippen LogP contribution in [0.3, 0.4) is 0 Å². The molecule has 0 radical (unpaired) electrons. The summed E-state index contributed by atoms with van der Waals surface area (Å²) in [5.74, 6) is 0.465. The molecule has 0 unspecified atom stereocenters. The first kappa shape index (κ1) is 17.5. The average Bonchev–Trinajstić information content (AvgIpc) is 3.11. The lowest BCUT2D eigenvalue weighted by molar-refractivity contribution is 0.0926. The van der Waals surface area contributed by atoms with Gasteiger partial charge >= 0.3 is 0 Å². The number of rotatable bonds is 6. The summed E-state index contributed by atoms with van der Waals surface area (Å²) in [6.07, 6.45) is 1.46. The second-order valence-electron chi connectivity index (χ2n) is 5.19. The largest absolute Gasteiger partial charge is 0.459 e. The molecule has 0 saturated carbocycles. The second-order valence-corrected chi connectivity index (χ2v) is 5.19. The third kappa shape index (κ3) is 5.12. The van der Waals surface area contributed by atoms with Crippen molar-refractivity contribution in [2.45, 2.75) is 6.54 Å². The summed E-state index contributed by atoms with van der Waals surface area (Å²) in [5.41, 5.74) is 0.980. The third-order valence-corrected chi connectivity index (χ3v) is 3.35. The zero-order chi connectivity index (χ0) is 17.4. The molecule has 0 aliphatic rings. The summed E-state index contributed by atoms with van der Waals surface area (Å²) >= 11 is 0. The minimum Gasteiger partial charge on any atom is -0.459 e. The molecular formula is C17H21FN4O2. The second kappa shape index (κ2) is 8.71. The van der Waals surface area contributed by atoms with E-state index < -0.39 is 0 Å². The molecule has 1 amide bonds. The lowest BCUT2D eigenvalue weighted by Crippen LogP contribution is -2.42. The van der Waals surface area contributed by atoms with E-state index in [9.17, 15) is 9.18 Å². The molecule has 0 bridgehead atoms. The highest BCUT2D eigenvalue weighted by atomic mass is 19.1. The molecule has 1 aromatic carbocycles. The number of hydrogen-bond acceptors (Lipinski definition) is 3. The molecule has 1 heterocycles. The normalized spacial score (nSPS) is 11.2. The SMILES string of the molecule is CN=C(NCCNC(=O)c1ccco1)N(C)Cc1ccc(F)cc1. The summed E-state index contributed by atoms with van der Waals surface area (Å²) in [7, 11) is 3.57. The molecule has 6 nitrogen and oxygen atoms in total. The van der Waals surface area contributed by atoms with Crippen LogP contribution in [0.2, 0.25) is 0 Å². The molecule has 0 aliphatic heterocycles. The Labute approximate surface area is 140 Å². The topological polar surface area (TPSA) is 69.9 Å². The van der Waals surface area contributed by atoms with Crippen molar-refractivity contribution in [2.75, 3.05) is 27.2 Å². The van der Waals surface area contributed by atoms with Gasteiger partial charge in [-0.2, -0.15) is 0 Å². The molecule has 2 rings (SSSR count). The summed E-state index contributed by atoms with van der Waals surface area (Å²) in [6, 6.07) is 9.62. The van der Waals surface area contributed by atoms with Crippen molar-refractivity contribution in [2.24, 2.45) is 4.99 Å². The van der Waals surface area contributed by atoms with E-state index in [1.165, 1.54) is 18.4 Å². The Morgan fingerprint density at radius 1 is 1.21 bits per heavy atom. The van der Waals surface area contributed by atoms with E-state index in [2.05, 4.69) is 15.6 Å². The van der Waals surface area contributed by atoms with Crippen LogP contribution in [-0.4, -0.2) is 44.0 Å². The van der Waals surface area contributed by atoms with Crippen molar-refractivity contribution in [3.63, 3.8) is 0 Å². The summed E-state index contributed by atoms with van der Waals surface area (Å²) in [5, 5.41) is 5.91. The molecule has 0 aliphatic carbocycles.